The lowest BCUT2D eigenvalue weighted by Crippen LogP contribution is -2.58. The topological polar surface area (TPSA) is 113 Å². The van der Waals surface area contributed by atoms with Gasteiger partial charge in [-0.1, -0.05) is 19.3 Å². The number of likely N-dealkylation sites (N-methyl/N-ethyl adjacent to an activating group) is 1. The SMILES string of the molecule is CN(CC(N)=O)C(=O)NC1(C(=O)O)CCCCC1. The number of carboxylic acids is 1. The zero-order valence-corrected chi connectivity index (χ0v) is 10.4. The Hall–Kier alpha value is -1.79. The minimum atomic E-state index is -1.21. The first kappa shape index (κ1) is 14.3. The summed E-state index contributed by atoms with van der Waals surface area (Å²) in [5.41, 5.74) is 3.77. The minimum absolute atomic E-state index is 0.235. The third-order valence-corrected chi connectivity index (χ3v) is 3.20. The summed E-state index contributed by atoms with van der Waals surface area (Å²) in [4.78, 5) is 34.9. The van der Waals surface area contributed by atoms with Crippen molar-refractivity contribution in [2.45, 2.75) is 37.6 Å². The average molecular weight is 257 g/mol. The van der Waals surface area contributed by atoms with E-state index in [0.717, 1.165) is 24.2 Å². The van der Waals surface area contributed by atoms with Crippen molar-refractivity contribution >= 4 is 17.9 Å². The van der Waals surface area contributed by atoms with Crippen LogP contribution in [0.1, 0.15) is 32.1 Å². The molecule has 1 fully saturated rings. The number of carboxylic acid groups (broad SMARTS) is 1. The predicted molar refractivity (Wildman–Crippen MR) is 63.8 cm³/mol. The lowest BCUT2D eigenvalue weighted by atomic mass is 9.82. The maximum absolute atomic E-state index is 11.8. The van der Waals surface area contributed by atoms with Crippen LogP contribution in [0.25, 0.3) is 0 Å². The van der Waals surface area contributed by atoms with Crippen LogP contribution in [-0.2, 0) is 9.59 Å². The van der Waals surface area contributed by atoms with Crippen molar-refractivity contribution in [1.29, 1.82) is 0 Å². The van der Waals surface area contributed by atoms with Crippen molar-refractivity contribution in [3.63, 3.8) is 0 Å². The van der Waals surface area contributed by atoms with Gasteiger partial charge in [-0.25, -0.2) is 9.59 Å². The number of amides is 3. The van der Waals surface area contributed by atoms with Crippen molar-refractivity contribution in [2.75, 3.05) is 13.6 Å². The summed E-state index contributed by atoms with van der Waals surface area (Å²) in [7, 11) is 1.40. The summed E-state index contributed by atoms with van der Waals surface area (Å²) in [6.07, 6.45) is 3.34. The van der Waals surface area contributed by atoms with Gasteiger partial charge < -0.3 is 21.1 Å². The molecule has 0 spiro atoms. The van der Waals surface area contributed by atoms with Crippen LogP contribution in [0.3, 0.4) is 0 Å². The Morgan fingerprint density at radius 1 is 1.28 bits per heavy atom. The van der Waals surface area contributed by atoms with Gasteiger partial charge in [-0.2, -0.15) is 0 Å². The molecule has 0 saturated heterocycles. The van der Waals surface area contributed by atoms with Crippen LogP contribution in [-0.4, -0.2) is 47.0 Å². The third-order valence-electron chi connectivity index (χ3n) is 3.20. The Labute approximate surface area is 105 Å². The van der Waals surface area contributed by atoms with Gasteiger partial charge in [0.05, 0.1) is 0 Å². The highest BCUT2D eigenvalue weighted by atomic mass is 16.4. The monoisotopic (exact) mass is 257 g/mol. The highest BCUT2D eigenvalue weighted by Gasteiger charge is 2.41. The van der Waals surface area contributed by atoms with E-state index in [1.807, 2.05) is 0 Å². The zero-order valence-electron chi connectivity index (χ0n) is 10.4. The number of nitrogens with zero attached hydrogens (tertiary/aromatic N) is 1. The van der Waals surface area contributed by atoms with E-state index in [2.05, 4.69) is 5.32 Å². The first-order valence-corrected chi connectivity index (χ1v) is 5.92. The van der Waals surface area contributed by atoms with Crippen LogP contribution in [0.4, 0.5) is 4.79 Å². The molecule has 0 heterocycles. The molecule has 0 aromatic rings. The fourth-order valence-electron chi connectivity index (χ4n) is 2.15. The molecular formula is C11H19N3O4. The van der Waals surface area contributed by atoms with E-state index in [0.29, 0.717) is 12.8 Å². The maximum atomic E-state index is 11.8. The van der Waals surface area contributed by atoms with Crippen LogP contribution >= 0.6 is 0 Å². The summed E-state index contributed by atoms with van der Waals surface area (Å²) < 4.78 is 0. The van der Waals surface area contributed by atoms with E-state index in [1.165, 1.54) is 7.05 Å². The number of rotatable bonds is 4. The molecule has 1 aliphatic rings. The summed E-state index contributed by atoms with van der Waals surface area (Å²) in [5, 5.41) is 11.8. The number of primary amides is 1. The van der Waals surface area contributed by atoms with Crippen LogP contribution in [0.2, 0.25) is 0 Å². The van der Waals surface area contributed by atoms with Crippen molar-refractivity contribution < 1.29 is 19.5 Å². The molecule has 0 atom stereocenters. The van der Waals surface area contributed by atoms with Gasteiger partial charge in [0.1, 0.15) is 12.1 Å². The molecule has 0 radical (unpaired) electrons. The van der Waals surface area contributed by atoms with Crippen molar-refractivity contribution in [1.82, 2.24) is 10.2 Å². The van der Waals surface area contributed by atoms with E-state index in [1.54, 1.807) is 0 Å². The molecule has 0 bridgehead atoms. The van der Waals surface area contributed by atoms with E-state index < -0.39 is 23.4 Å². The highest BCUT2D eigenvalue weighted by Crippen LogP contribution is 2.28. The Balaban J connectivity index is 2.69. The molecule has 1 saturated carbocycles. The van der Waals surface area contributed by atoms with Gasteiger partial charge in [-0.3, -0.25) is 4.79 Å². The first-order valence-electron chi connectivity index (χ1n) is 5.92. The average Bonchev–Trinajstić information content (AvgIpc) is 2.29. The Bertz CT molecular complexity index is 350. The summed E-state index contributed by atoms with van der Waals surface area (Å²) >= 11 is 0. The van der Waals surface area contributed by atoms with Crippen LogP contribution < -0.4 is 11.1 Å². The Morgan fingerprint density at radius 2 is 1.83 bits per heavy atom. The van der Waals surface area contributed by atoms with Crippen molar-refractivity contribution in [2.24, 2.45) is 5.73 Å². The normalized spacial score (nSPS) is 17.8. The fourth-order valence-corrected chi connectivity index (χ4v) is 2.15. The predicted octanol–water partition coefficient (Wildman–Crippen LogP) is -0.0994. The number of nitrogens with one attached hydrogen (secondary N) is 1. The lowest BCUT2D eigenvalue weighted by molar-refractivity contribution is -0.145. The molecular weight excluding hydrogens is 238 g/mol. The van der Waals surface area contributed by atoms with E-state index in [9.17, 15) is 19.5 Å². The van der Waals surface area contributed by atoms with Gasteiger partial charge in [0.25, 0.3) is 0 Å². The van der Waals surface area contributed by atoms with Crippen LogP contribution in [0, 0.1) is 0 Å². The third kappa shape index (κ3) is 3.35. The number of hydrogen-bond acceptors (Lipinski definition) is 3. The van der Waals surface area contributed by atoms with Crippen molar-refractivity contribution in [3.8, 4) is 0 Å². The summed E-state index contributed by atoms with van der Waals surface area (Å²) in [6.45, 7) is -0.235. The highest BCUT2D eigenvalue weighted by molar-refractivity contribution is 5.88. The quantitative estimate of drug-likeness (QED) is 0.652. The van der Waals surface area contributed by atoms with Gasteiger partial charge in [-0.05, 0) is 12.8 Å². The molecule has 0 unspecified atom stereocenters. The molecule has 4 N–H and O–H groups in total. The molecule has 0 aromatic heterocycles. The fraction of sp³-hybridized carbons (Fsp3) is 0.727. The minimum Gasteiger partial charge on any atom is -0.480 e. The second-order valence-electron chi connectivity index (χ2n) is 4.70. The van der Waals surface area contributed by atoms with Gasteiger partial charge in [0.2, 0.25) is 5.91 Å². The largest absolute Gasteiger partial charge is 0.480 e. The standard InChI is InChI=1S/C11H19N3O4/c1-14(7-8(12)15)10(18)13-11(9(16)17)5-3-2-4-6-11/h2-7H2,1H3,(H2,12,15)(H,13,18)(H,16,17). The zero-order chi connectivity index (χ0) is 13.8. The number of nitrogens with two attached hydrogens (primary N) is 1. The maximum Gasteiger partial charge on any atom is 0.329 e. The van der Waals surface area contributed by atoms with E-state index >= 15 is 0 Å². The summed E-state index contributed by atoms with van der Waals surface area (Å²) in [5.74, 6) is -1.66. The molecule has 0 aliphatic heterocycles. The van der Waals surface area contributed by atoms with Crippen LogP contribution in [0.15, 0.2) is 0 Å². The van der Waals surface area contributed by atoms with Crippen LogP contribution in [0.5, 0.6) is 0 Å². The van der Waals surface area contributed by atoms with E-state index in [4.69, 9.17) is 5.73 Å². The van der Waals surface area contributed by atoms with Gasteiger partial charge in [-0.15, -0.1) is 0 Å². The second kappa shape index (κ2) is 5.70. The van der Waals surface area contributed by atoms with Gasteiger partial charge in [0, 0.05) is 7.05 Å². The van der Waals surface area contributed by atoms with E-state index in [-0.39, 0.29) is 6.54 Å². The Kier molecular flexibility index (Phi) is 4.52. The van der Waals surface area contributed by atoms with Gasteiger partial charge in [0.15, 0.2) is 0 Å². The summed E-state index contributed by atoms with van der Waals surface area (Å²) in [6, 6.07) is -0.585. The molecule has 1 rings (SSSR count). The van der Waals surface area contributed by atoms with Gasteiger partial charge >= 0.3 is 12.0 Å². The smallest absolute Gasteiger partial charge is 0.329 e. The molecule has 7 nitrogen and oxygen atoms in total. The molecule has 102 valence electrons. The number of carbonyl (C=O) groups is 3. The number of urea groups is 1. The second-order valence-corrected chi connectivity index (χ2v) is 4.70. The molecule has 1 aliphatic carbocycles. The number of hydrogen-bond donors (Lipinski definition) is 3. The van der Waals surface area contributed by atoms with Crippen molar-refractivity contribution in [3.05, 3.63) is 0 Å². The number of aliphatic carboxylic acids is 1. The molecule has 0 aromatic carbocycles. The molecule has 18 heavy (non-hydrogen) atoms. The number of carbonyl (C=O) groups excluding carboxylic acids is 2. The lowest BCUT2D eigenvalue weighted by Gasteiger charge is -2.35. The molecule has 7 heteroatoms. The molecule has 3 amide bonds. The Morgan fingerprint density at radius 3 is 2.28 bits per heavy atom. The first-order chi connectivity index (χ1) is 8.37.